The second kappa shape index (κ2) is 7.22. The molecule has 1 atom stereocenters. The van der Waals surface area contributed by atoms with Crippen molar-refractivity contribution in [1.82, 2.24) is 14.4 Å². The SMILES string of the molecule is Cc1cn2c(-c3cc(C(O)(CC4OCCO4)C(F)(F)F)ccc3C)cnc2c(N)n1. The van der Waals surface area contributed by atoms with Crippen molar-refractivity contribution in [3.05, 3.63) is 47.4 Å². The first-order valence-electron chi connectivity index (χ1n) is 9.34. The van der Waals surface area contributed by atoms with E-state index in [-0.39, 0.29) is 24.6 Å². The number of nitrogen functional groups attached to an aromatic ring is 1. The fourth-order valence-corrected chi connectivity index (χ4v) is 3.65. The van der Waals surface area contributed by atoms with Gasteiger partial charge in [-0.15, -0.1) is 0 Å². The van der Waals surface area contributed by atoms with Crippen LogP contribution in [0.15, 0.2) is 30.6 Å². The minimum Gasteiger partial charge on any atom is -0.381 e. The van der Waals surface area contributed by atoms with E-state index in [2.05, 4.69) is 9.97 Å². The predicted molar refractivity (Wildman–Crippen MR) is 103 cm³/mol. The lowest BCUT2D eigenvalue weighted by molar-refractivity contribution is -0.284. The summed E-state index contributed by atoms with van der Waals surface area (Å²) < 4.78 is 53.9. The van der Waals surface area contributed by atoms with Gasteiger partial charge < -0.3 is 20.3 Å². The summed E-state index contributed by atoms with van der Waals surface area (Å²) in [6, 6.07) is 4.13. The number of benzene rings is 1. The monoisotopic (exact) mass is 422 g/mol. The lowest BCUT2D eigenvalue weighted by Crippen LogP contribution is -2.45. The number of fused-ring (bicyclic) bond motifs is 1. The maximum Gasteiger partial charge on any atom is 0.421 e. The van der Waals surface area contributed by atoms with Crippen molar-refractivity contribution < 1.29 is 27.8 Å². The van der Waals surface area contributed by atoms with Crippen LogP contribution in [-0.2, 0) is 15.1 Å². The van der Waals surface area contributed by atoms with Gasteiger partial charge >= 0.3 is 6.18 Å². The number of anilines is 1. The largest absolute Gasteiger partial charge is 0.421 e. The Morgan fingerprint density at radius 1 is 1.23 bits per heavy atom. The van der Waals surface area contributed by atoms with E-state index in [9.17, 15) is 18.3 Å². The topological polar surface area (TPSA) is 94.9 Å². The molecule has 1 aliphatic heterocycles. The molecule has 0 radical (unpaired) electrons. The molecule has 1 saturated heterocycles. The molecule has 160 valence electrons. The van der Waals surface area contributed by atoms with Gasteiger partial charge in [0.2, 0.25) is 0 Å². The van der Waals surface area contributed by atoms with Crippen molar-refractivity contribution in [2.24, 2.45) is 0 Å². The van der Waals surface area contributed by atoms with Gasteiger partial charge in [0.25, 0.3) is 0 Å². The lowest BCUT2D eigenvalue weighted by atomic mass is 9.87. The number of aliphatic hydroxyl groups is 1. The molecular weight excluding hydrogens is 401 g/mol. The Morgan fingerprint density at radius 2 is 1.93 bits per heavy atom. The molecule has 0 bridgehead atoms. The molecule has 1 aromatic carbocycles. The van der Waals surface area contributed by atoms with Crippen LogP contribution in [0, 0.1) is 13.8 Å². The average Bonchev–Trinajstić information content (AvgIpc) is 3.31. The van der Waals surface area contributed by atoms with Crippen molar-refractivity contribution in [2.45, 2.75) is 38.3 Å². The van der Waals surface area contributed by atoms with Crippen molar-refractivity contribution >= 4 is 11.5 Å². The lowest BCUT2D eigenvalue weighted by Gasteiger charge is -2.33. The van der Waals surface area contributed by atoms with Crippen molar-refractivity contribution in [2.75, 3.05) is 18.9 Å². The van der Waals surface area contributed by atoms with Crippen LogP contribution in [0.5, 0.6) is 0 Å². The third-order valence-corrected chi connectivity index (χ3v) is 5.25. The molecule has 1 unspecified atom stereocenters. The van der Waals surface area contributed by atoms with Gasteiger partial charge in [-0.05, 0) is 31.0 Å². The van der Waals surface area contributed by atoms with Gasteiger partial charge in [0.1, 0.15) is 0 Å². The number of alkyl halides is 3. The van der Waals surface area contributed by atoms with Crippen molar-refractivity contribution in [3.63, 3.8) is 0 Å². The smallest absolute Gasteiger partial charge is 0.381 e. The number of nitrogens with zero attached hydrogens (tertiary/aromatic N) is 3. The molecule has 30 heavy (non-hydrogen) atoms. The highest BCUT2D eigenvalue weighted by molar-refractivity contribution is 5.72. The highest BCUT2D eigenvalue weighted by atomic mass is 19.4. The molecule has 1 aliphatic rings. The molecule has 0 spiro atoms. The quantitative estimate of drug-likeness (QED) is 0.671. The second-order valence-corrected chi connectivity index (χ2v) is 7.37. The predicted octanol–water partition coefficient (Wildman–Crippen LogP) is 3.11. The minimum atomic E-state index is -4.93. The summed E-state index contributed by atoms with van der Waals surface area (Å²) in [7, 11) is 0. The third-order valence-electron chi connectivity index (χ3n) is 5.25. The van der Waals surface area contributed by atoms with Crippen LogP contribution < -0.4 is 5.73 Å². The van der Waals surface area contributed by atoms with E-state index in [0.29, 0.717) is 28.2 Å². The highest BCUT2D eigenvalue weighted by Crippen LogP contribution is 2.44. The van der Waals surface area contributed by atoms with Crippen LogP contribution in [0.3, 0.4) is 0 Å². The van der Waals surface area contributed by atoms with Gasteiger partial charge in [-0.1, -0.05) is 12.1 Å². The zero-order valence-corrected chi connectivity index (χ0v) is 16.4. The molecule has 2 aromatic heterocycles. The Bertz CT molecular complexity index is 1090. The molecule has 10 heteroatoms. The molecule has 0 amide bonds. The molecule has 0 aliphatic carbocycles. The maximum atomic E-state index is 14.0. The van der Waals surface area contributed by atoms with Crippen molar-refractivity contribution in [1.29, 1.82) is 0 Å². The number of imidazole rings is 1. The maximum absolute atomic E-state index is 14.0. The molecule has 1 fully saturated rings. The number of rotatable bonds is 4. The van der Waals surface area contributed by atoms with Gasteiger partial charge in [-0.2, -0.15) is 13.2 Å². The number of aryl methyl sites for hydroxylation is 2. The van der Waals surface area contributed by atoms with Crippen LogP contribution in [0.25, 0.3) is 16.9 Å². The van der Waals surface area contributed by atoms with Crippen LogP contribution in [0.1, 0.15) is 23.2 Å². The summed E-state index contributed by atoms with van der Waals surface area (Å²) in [6.45, 7) is 3.90. The van der Waals surface area contributed by atoms with Crippen molar-refractivity contribution in [3.8, 4) is 11.3 Å². The van der Waals surface area contributed by atoms with E-state index in [1.54, 1.807) is 24.4 Å². The molecule has 3 heterocycles. The third kappa shape index (κ3) is 3.40. The van der Waals surface area contributed by atoms with E-state index in [1.807, 2.05) is 0 Å². The number of nitrogens with two attached hydrogens (primary N) is 1. The number of ether oxygens (including phenoxy) is 2. The fourth-order valence-electron chi connectivity index (χ4n) is 3.65. The van der Waals surface area contributed by atoms with E-state index < -0.39 is 24.5 Å². The first-order chi connectivity index (χ1) is 14.1. The summed E-state index contributed by atoms with van der Waals surface area (Å²) >= 11 is 0. The Morgan fingerprint density at radius 3 is 2.60 bits per heavy atom. The fraction of sp³-hybridized carbons (Fsp3) is 0.400. The van der Waals surface area contributed by atoms with Gasteiger partial charge in [0, 0.05) is 18.2 Å². The number of halogens is 3. The molecular formula is C20H21F3N4O3. The molecule has 4 rings (SSSR count). The van der Waals surface area contributed by atoms with Crippen LogP contribution in [0.4, 0.5) is 19.0 Å². The normalized spacial score (nSPS) is 17.5. The Kier molecular flexibility index (Phi) is 4.95. The molecule has 7 nitrogen and oxygen atoms in total. The van der Waals surface area contributed by atoms with E-state index in [1.165, 1.54) is 24.4 Å². The first-order valence-corrected chi connectivity index (χ1v) is 9.34. The summed E-state index contributed by atoms with van der Waals surface area (Å²) in [5, 5.41) is 10.8. The van der Waals surface area contributed by atoms with Crippen LogP contribution in [0.2, 0.25) is 0 Å². The van der Waals surface area contributed by atoms with Gasteiger partial charge in [0.15, 0.2) is 23.4 Å². The molecule has 3 aromatic rings. The average molecular weight is 422 g/mol. The standard InChI is InChI=1S/C20H21F3N4O3/c1-11-3-4-13(19(28,20(21,22)23)8-16-29-5-6-30-16)7-14(11)15-9-25-18-17(24)26-12(2)10-27(15)18/h3-4,7,9-10,16,28H,5-6,8H2,1-2H3,(H2,24,26). The Balaban J connectivity index is 1.85. The molecule has 0 saturated carbocycles. The Labute approximate surface area is 170 Å². The zero-order valence-electron chi connectivity index (χ0n) is 16.4. The summed E-state index contributed by atoms with van der Waals surface area (Å²) in [4.78, 5) is 8.41. The summed E-state index contributed by atoms with van der Waals surface area (Å²) in [6.07, 6.45) is -3.60. The first kappa shape index (κ1) is 20.6. The van der Waals surface area contributed by atoms with Gasteiger partial charge in [-0.3, -0.25) is 4.40 Å². The van der Waals surface area contributed by atoms with Gasteiger partial charge in [0.05, 0.1) is 30.8 Å². The number of hydrogen-bond acceptors (Lipinski definition) is 6. The Hall–Kier alpha value is -2.69. The van der Waals surface area contributed by atoms with Crippen LogP contribution >= 0.6 is 0 Å². The second-order valence-electron chi connectivity index (χ2n) is 7.37. The summed E-state index contributed by atoms with van der Waals surface area (Å²) in [5.74, 6) is 0.220. The minimum absolute atomic E-state index is 0.189. The van der Waals surface area contributed by atoms with E-state index in [0.717, 1.165) is 0 Å². The zero-order chi connectivity index (χ0) is 21.7. The molecule has 3 N–H and O–H groups in total. The van der Waals surface area contributed by atoms with E-state index in [4.69, 9.17) is 15.2 Å². The summed E-state index contributed by atoms with van der Waals surface area (Å²) in [5.41, 5.74) is 5.26. The number of aromatic nitrogens is 3. The van der Waals surface area contributed by atoms with Crippen LogP contribution in [-0.4, -0.2) is 45.2 Å². The van der Waals surface area contributed by atoms with Gasteiger partial charge in [-0.25, -0.2) is 9.97 Å². The number of hydrogen-bond donors (Lipinski definition) is 2. The van der Waals surface area contributed by atoms with E-state index >= 15 is 0 Å². The highest BCUT2D eigenvalue weighted by Gasteiger charge is 2.56.